The van der Waals surface area contributed by atoms with E-state index < -0.39 is 0 Å². The van der Waals surface area contributed by atoms with Gasteiger partial charge in [0.2, 0.25) is 23.8 Å². The molecule has 0 radical (unpaired) electrons. The number of aliphatic hydroxyl groups excluding tert-OH is 1. The number of aliphatic hydroxyl groups is 1. The number of pyridine rings is 8. The first kappa shape index (κ1) is 69.1. The molecule has 0 amide bonds. The highest BCUT2D eigenvalue weighted by Gasteiger charge is 2.27. The number of anilines is 12. The van der Waals surface area contributed by atoms with Gasteiger partial charge in [-0.05, 0) is 136 Å². The summed E-state index contributed by atoms with van der Waals surface area (Å²) in [6.45, 7) is 12.0. The summed E-state index contributed by atoms with van der Waals surface area (Å²) >= 11 is 0. The van der Waals surface area contributed by atoms with Crippen LogP contribution < -0.4 is 42.5 Å². The number of nitrogens with one attached hydrogen (secondary N) is 8. The lowest BCUT2D eigenvalue weighted by atomic mass is 10.0. The second kappa shape index (κ2) is 31.9. The van der Waals surface area contributed by atoms with Gasteiger partial charge in [0.05, 0.1) is 76.9 Å². The van der Waals surface area contributed by atoms with Crippen molar-refractivity contribution in [1.82, 2.24) is 79.7 Å². The highest BCUT2D eigenvalue weighted by atomic mass is 16.3. The summed E-state index contributed by atoms with van der Waals surface area (Å²) in [6.07, 6.45) is 32.6. The predicted octanol–water partition coefficient (Wildman–Crippen LogP) is 15.9. The first-order valence-corrected chi connectivity index (χ1v) is 35.5. The number of hydrogen-bond donors (Lipinski definition) is 9. The van der Waals surface area contributed by atoms with E-state index in [1.807, 2.05) is 98.3 Å². The SMILES string of the molecule is CC(CO)Nc1ncc2c(n1)-c1cccnc1Nc1cnccc1-2.CCC(CC)Nc1ncc2c(n1)-c1cccnc1Nc1cnccc1-2.Cc1ccc(CCNc2ncc3c(n2)-c2cccnc2Nc2cnccc2-3)cc1.Cc1ccccc1CCNc1ncc2c(n1)-c1cccnc1Nc1cnccc1-2. The first-order chi connectivity index (χ1) is 52.6. The molecule has 25 nitrogen and oxygen atoms in total. The Labute approximate surface area is 618 Å². The van der Waals surface area contributed by atoms with E-state index in [1.165, 1.54) is 22.3 Å². The Bertz CT molecular complexity index is 5510. The van der Waals surface area contributed by atoms with Crippen molar-refractivity contribution < 1.29 is 5.11 Å². The van der Waals surface area contributed by atoms with E-state index in [9.17, 15) is 5.11 Å². The Morgan fingerprint density at radius 3 is 1.10 bits per heavy atom. The normalized spacial score (nSPS) is 11.9. The van der Waals surface area contributed by atoms with Crippen LogP contribution >= 0.6 is 0 Å². The lowest BCUT2D eigenvalue weighted by molar-refractivity contribution is 0.281. The monoisotopic (exact) mass is 1410 g/mol. The Kier molecular flexibility index (Phi) is 20.6. The number of aromatic nitrogens is 16. The van der Waals surface area contributed by atoms with Crippen LogP contribution in [0.1, 0.15) is 55.9 Å². The van der Waals surface area contributed by atoms with Crippen LogP contribution in [-0.2, 0) is 12.8 Å². The summed E-state index contributed by atoms with van der Waals surface area (Å²) in [6, 6.07) is 40.8. The number of benzene rings is 2. The molecule has 25 heteroatoms. The van der Waals surface area contributed by atoms with Crippen molar-refractivity contribution in [3.63, 3.8) is 0 Å². The van der Waals surface area contributed by atoms with Crippen molar-refractivity contribution >= 4 is 69.8 Å². The minimum absolute atomic E-state index is 0.00858. The van der Waals surface area contributed by atoms with Crippen LogP contribution in [0.15, 0.2) is 220 Å². The van der Waals surface area contributed by atoms with Gasteiger partial charge in [0, 0.05) is 166 Å². The highest BCUT2D eigenvalue weighted by Crippen LogP contribution is 2.46. The summed E-state index contributed by atoms with van der Waals surface area (Å²) in [4.78, 5) is 72.0. The van der Waals surface area contributed by atoms with Gasteiger partial charge in [0.25, 0.3) is 0 Å². The molecule has 18 rings (SSSR count). The molecule has 14 aromatic rings. The van der Waals surface area contributed by atoms with Gasteiger partial charge in [0.15, 0.2) is 0 Å². The van der Waals surface area contributed by atoms with Crippen molar-refractivity contribution in [1.29, 1.82) is 0 Å². The van der Waals surface area contributed by atoms with E-state index in [0.29, 0.717) is 29.8 Å². The molecular formula is C82H76N24O. The van der Waals surface area contributed by atoms with E-state index in [1.54, 1.807) is 80.6 Å². The molecule has 0 fully saturated rings. The van der Waals surface area contributed by atoms with E-state index in [0.717, 1.165) is 174 Å². The Morgan fingerprint density at radius 2 is 0.720 bits per heavy atom. The van der Waals surface area contributed by atoms with Gasteiger partial charge in [-0.25, -0.2) is 59.8 Å². The van der Waals surface area contributed by atoms with Crippen molar-refractivity contribution in [3.05, 3.63) is 243 Å². The number of fused-ring (bicyclic) bond motifs is 20. The molecule has 1 atom stereocenters. The molecule has 4 aliphatic rings. The molecule has 4 aliphatic heterocycles. The van der Waals surface area contributed by atoms with Crippen molar-refractivity contribution in [2.24, 2.45) is 0 Å². The Hall–Kier alpha value is -13.7. The van der Waals surface area contributed by atoms with Gasteiger partial charge in [-0.1, -0.05) is 67.9 Å². The molecule has 0 bridgehead atoms. The molecular weight excluding hydrogens is 1340 g/mol. The van der Waals surface area contributed by atoms with Gasteiger partial charge in [0.1, 0.15) is 23.3 Å². The van der Waals surface area contributed by atoms with Crippen LogP contribution in [0.4, 0.5) is 69.8 Å². The number of hydrogen-bond acceptors (Lipinski definition) is 25. The van der Waals surface area contributed by atoms with E-state index in [2.05, 4.69) is 184 Å². The predicted molar refractivity (Wildman–Crippen MR) is 422 cm³/mol. The number of rotatable bonds is 15. The number of aryl methyl sites for hydroxylation is 2. The summed E-state index contributed by atoms with van der Waals surface area (Å²) in [5.74, 6) is 5.40. The summed E-state index contributed by atoms with van der Waals surface area (Å²) in [5.41, 5.74) is 23.7. The van der Waals surface area contributed by atoms with Crippen molar-refractivity contribution in [2.75, 3.05) is 62.2 Å². The van der Waals surface area contributed by atoms with Gasteiger partial charge < -0.3 is 47.6 Å². The van der Waals surface area contributed by atoms with Crippen LogP contribution in [-0.4, -0.2) is 117 Å². The molecule has 107 heavy (non-hydrogen) atoms. The third-order valence-corrected chi connectivity index (χ3v) is 18.6. The highest BCUT2D eigenvalue weighted by molar-refractivity contribution is 5.99. The summed E-state index contributed by atoms with van der Waals surface area (Å²) in [5, 5.41) is 35.9. The van der Waals surface area contributed by atoms with E-state index in [-0.39, 0.29) is 12.6 Å². The Balaban J connectivity index is 0.000000114. The summed E-state index contributed by atoms with van der Waals surface area (Å²) in [7, 11) is 0. The van der Waals surface area contributed by atoms with Gasteiger partial charge in [-0.15, -0.1) is 0 Å². The van der Waals surface area contributed by atoms with Gasteiger partial charge in [-0.3, -0.25) is 19.9 Å². The van der Waals surface area contributed by atoms with Crippen molar-refractivity contribution in [3.8, 4) is 89.5 Å². The molecule has 530 valence electrons. The smallest absolute Gasteiger partial charge is 0.223 e. The lowest BCUT2D eigenvalue weighted by Crippen LogP contribution is -2.21. The lowest BCUT2D eigenvalue weighted by Gasteiger charge is -2.16. The molecule has 1 unspecified atom stereocenters. The summed E-state index contributed by atoms with van der Waals surface area (Å²) < 4.78 is 0. The Morgan fingerprint density at radius 1 is 0.355 bits per heavy atom. The molecule has 9 N–H and O–H groups in total. The first-order valence-electron chi connectivity index (χ1n) is 35.5. The third-order valence-electron chi connectivity index (χ3n) is 18.6. The molecule has 12 aromatic heterocycles. The quantitative estimate of drug-likeness (QED) is 0.0460. The van der Waals surface area contributed by atoms with Crippen LogP contribution in [0.25, 0.3) is 89.5 Å². The largest absolute Gasteiger partial charge is 0.394 e. The minimum Gasteiger partial charge on any atom is -0.394 e. The van der Waals surface area contributed by atoms with Gasteiger partial charge in [-0.2, -0.15) is 0 Å². The van der Waals surface area contributed by atoms with E-state index >= 15 is 0 Å². The van der Waals surface area contributed by atoms with Crippen LogP contribution in [0.2, 0.25) is 0 Å². The second-order valence-electron chi connectivity index (χ2n) is 25.8. The molecule has 0 spiro atoms. The number of nitrogens with zero attached hydrogens (tertiary/aromatic N) is 16. The molecule has 0 saturated heterocycles. The minimum atomic E-state index is -0.128. The molecule has 2 aromatic carbocycles. The maximum atomic E-state index is 9.22. The average Bonchev–Trinajstić information content (AvgIpc) is 1.68. The van der Waals surface area contributed by atoms with Crippen LogP contribution in [0, 0.1) is 13.8 Å². The fourth-order valence-corrected chi connectivity index (χ4v) is 12.9. The third kappa shape index (κ3) is 15.4. The fraction of sp³-hybridized carbons (Fsp3) is 0.171. The maximum absolute atomic E-state index is 9.22. The topological polar surface area (TPSA) is 323 Å². The standard InChI is InChI=1S/2C23H20N6.C19H20N6.C17H16N6O/c1-15-4-6-16(7-5-15)8-12-26-23-27-13-19-17-9-11-24-14-20(17)28-22-18(21(19)29-23)3-2-10-25-22;1-15-5-2-3-6-16(15)8-12-26-23-27-13-19-17-9-11-24-14-20(17)28-22-18(21(19)29-23)7-4-10-25-22;1-3-12(4-2)23-19-22-10-15-13-7-9-20-11-16(13)24-18-14(17(15)25-19)6-5-8-21-18;1-10(9-24)21-17-20-7-13-11-4-6-18-8-14(11)22-16-12(15(13)23-17)3-2-5-19-16/h2*2-7,9-11,13-14H,8,12H2,1H3,(H,25,28)(H,26,27,29);5-12H,3-4H2,1-2H3,(H,21,24)(H,22,23,25);2-8,10,24H,9H2,1H3,(H,19,22)(H,20,21,23). The van der Waals surface area contributed by atoms with Crippen molar-refractivity contribution in [2.45, 2.75) is 72.4 Å². The molecule has 16 heterocycles. The van der Waals surface area contributed by atoms with Crippen LogP contribution in [0.5, 0.6) is 0 Å². The van der Waals surface area contributed by atoms with Crippen LogP contribution in [0.3, 0.4) is 0 Å². The van der Waals surface area contributed by atoms with E-state index in [4.69, 9.17) is 15.0 Å². The second-order valence-corrected chi connectivity index (χ2v) is 25.8. The maximum Gasteiger partial charge on any atom is 0.223 e. The van der Waals surface area contributed by atoms with Gasteiger partial charge >= 0.3 is 0 Å². The zero-order valence-electron chi connectivity index (χ0n) is 59.5. The molecule has 0 saturated carbocycles. The molecule has 0 aliphatic carbocycles. The zero-order chi connectivity index (χ0) is 73.0. The fourth-order valence-electron chi connectivity index (χ4n) is 12.9. The zero-order valence-corrected chi connectivity index (χ0v) is 59.5. The average molecular weight is 1410 g/mol.